The molecule has 1 aliphatic heterocycles. The van der Waals surface area contributed by atoms with Gasteiger partial charge in [0.25, 0.3) is 0 Å². The average Bonchev–Trinajstić information content (AvgIpc) is 2.65. The molecule has 2 rings (SSSR count). The molecule has 0 aromatic heterocycles. The third-order valence-electron chi connectivity index (χ3n) is 5.17. The van der Waals surface area contributed by atoms with Crippen molar-refractivity contribution in [3.05, 3.63) is 35.4 Å². The van der Waals surface area contributed by atoms with E-state index in [2.05, 4.69) is 58.6 Å². The molecule has 0 amide bonds. The average molecular weight is 331 g/mol. The molecular formula is C20H34N4. The van der Waals surface area contributed by atoms with Crippen molar-refractivity contribution in [2.75, 3.05) is 33.2 Å². The van der Waals surface area contributed by atoms with Gasteiger partial charge in [-0.2, -0.15) is 0 Å². The summed E-state index contributed by atoms with van der Waals surface area (Å²) in [5.74, 6) is 1.77. The Morgan fingerprint density at radius 1 is 1.12 bits per heavy atom. The fourth-order valence-electron chi connectivity index (χ4n) is 3.46. The highest BCUT2D eigenvalue weighted by atomic mass is 15.2. The molecule has 1 saturated heterocycles. The van der Waals surface area contributed by atoms with Crippen LogP contribution in [0.2, 0.25) is 0 Å². The van der Waals surface area contributed by atoms with Gasteiger partial charge in [-0.1, -0.05) is 38.1 Å². The molecule has 134 valence electrons. The molecule has 1 aliphatic rings. The molecule has 0 aliphatic carbocycles. The van der Waals surface area contributed by atoms with Crippen molar-refractivity contribution in [2.45, 2.75) is 46.1 Å². The monoisotopic (exact) mass is 330 g/mol. The van der Waals surface area contributed by atoms with Crippen molar-refractivity contribution in [3.63, 3.8) is 0 Å². The molecule has 0 radical (unpaired) electrons. The van der Waals surface area contributed by atoms with Gasteiger partial charge in [-0.05, 0) is 62.4 Å². The van der Waals surface area contributed by atoms with Crippen LogP contribution < -0.4 is 10.6 Å². The molecule has 0 atom stereocenters. The lowest BCUT2D eigenvalue weighted by atomic mass is 9.93. The lowest BCUT2D eigenvalue weighted by Crippen LogP contribution is -2.39. The van der Waals surface area contributed by atoms with Crippen LogP contribution >= 0.6 is 0 Å². The van der Waals surface area contributed by atoms with Gasteiger partial charge in [-0.3, -0.25) is 4.99 Å². The van der Waals surface area contributed by atoms with Crippen LogP contribution in [-0.2, 0) is 13.0 Å². The number of piperidine rings is 1. The summed E-state index contributed by atoms with van der Waals surface area (Å²) in [5.41, 5.74) is 2.76. The van der Waals surface area contributed by atoms with Gasteiger partial charge in [0, 0.05) is 20.1 Å². The molecule has 0 bridgehead atoms. The van der Waals surface area contributed by atoms with Crippen LogP contribution in [0.5, 0.6) is 0 Å². The maximum atomic E-state index is 4.35. The van der Waals surface area contributed by atoms with Crippen molar-refractivity contribution in [1.29, 1.82) is 0 Å². The fourth-order valence-corrected chi connectivity index (χ4v) is 3.46. The quantitative estimate of drug-likeness (QED) is 0.596. The van der Waals surface area contributed by atoms with E-state index in [0.29, 0.717) is 0 Å². The van der Waals surface area contributed by atoms with Gasteiger partial charge in [0.15, 0.2) is 5.96 Å². The zero-order valence-corrected chi connectivity index (χ0v) is 15.6. The van der Waals surface area contributed by atoms with Crippen molar-refractivity contribution in [1.82, 2.24) is 15.5 Å². The number of likely N-dealkylation sites (tertiary alicyclic amines) is 1. The van der Waals surface area contributed by atoms with Crippen LogP contribution in [0.25, 0.3) is 0 Å². The minimum atomic E-state index is 0.832. The first-order valence-corrected chi connectivity index (χ1v) is 9.50. The summed E-state index contributed by atoms with van der Waals surface area (Å²) in [6, 6.07) is 8.62. The SMILES string of the molecule is CCc1ccccc1CNC(=NC)NCCC1CCN(CC)CC1. The van der Waals surface area contributed by atoms with Gasteiger partial charge in [0.05, 0.1) is 0 Å². The van der Waals surface area contributed by atoms with Crippen LogP contribution in [0.1, 0.15) is 44.2 Å². The van der Waals surface area contributed by atoms with E-state index in [4.69, 9.17) is 0 Å². The fraction of sp³-hybridized carbons (Fsp3) is 0.650. The molecule has 0 unspecified atom stereocenters. The van der Waals surface area contributed by atoms with Gasteiger partial charge in [-0.25, -0.2) is 0 Å². The first-order chi connectivity index (χ1) is 11.8. The summed E-state index contributed by atoms with van der Waals surface area (Å²) in [7, 11) is 1.85. The molecular weight excluding hydrogens is 296 g/mol. The second-order valence-corrected chi connectivity index (χ2v) is 6.64. The van der Waals surface area contributed by atoms with Crippen molar-refractivity contribution < 1.29 is 0 Å². The van der Waals surface area contributed by atoms with Crippen LogP contribution in [0.15, 0.2) is 29.3 Å². The van der Waals surface area contributed by atoms with Crippen LogP contribution in [0.3, 0.4) is 0 Å². The van der Waals surface area contributed by atoms with E-state index in [1.165, 1.54) is 50.0 Å². The number of nitrogens with zero attached hydrogens (tertiary/aromatic N) is 2. The molecule has 0 saturated carbocycles. The second-order valence-electron chi connectivity index (χ2n) is 6.64. The summed E-state index contributed by atoms with van der Waals surface area (Å²) in [5, 5.41) is 6.92. The number of hydrogen-bond acceptors (Lipinski definition) is 2. The molecule has 2 N–H and O–H groups in total. The standard InChI is InChI=1S/C20H34N4/c1-4-18-8-6-7-9-19(18)16-23-20(21-3)22-13-10-17-11-14-24(5-2)15-12-17/h6-9,17H,4-5,10-16H2,1-3H3,(H2,21,22,23). The second kappa shape index (κ2) is 10.3. The Morgan fingerprint density at radius 2 is 1.83 bits per heavy atom. The van der Waals surface area contributed by atoms with Crippen molar-refractivity contribution >= 4 is 5.96 Å². The molecule has 4 heteroatoms. The van der Waals surface area contributed by atoms with Crippen LogP contribution in [-0.4, -0.2) is 44.1 Å². The first-order valence-electron chi connectivity index (χ1n) is 9.50. The Labute approximate surface area is 147 Å². The van der Waals surface area contributed by atoms with E-state index in [0.717, 1.165) is 31.4 Å². The molecule has 24 heavy (non-hydrogen) atoms. The van der Waals surface area contributed by atoms with Crippen LogP contribution in [0, 0.1) is 5.92 Å². The molecule has 1 aromatic rings. The Morgan fingerprint density at radius 3 is 2.46 bits per heavy atom. The summed E-state index contributed by atoms with van der Waals surface area (Å²) < 4.78 is 0. The van der Waals surface area contributed by atoms with Gasteiger partial charge in [0.2, 0.25) is 0 Å². The topological polar surface area (TPSA) is 39.7 Å². The normalized spacial score (nSPS) is 17.0. The van der Waals surface area contributed by atoms with E-state index in [1.807, 2.05) is 7.05 Å². The van der Waals surface area contributed by atoms with Crippen LogP contribution in [0.4, 0.5) is 0 Å². The minimum absolute atomic E-state index is 0.832. The van der Waals surface area contributed by atoms with E-state index in [1.54, 1.807) is 0 Å². The number of guanidine groups is 1. The molecule has 1 heterocycles. The lowest BCUT2D eigenvalue weighted by molar-refractivity contribution is 0.187. The predicted molar refractivity (Wildman–Crippen MR) is 103 cm³/mol. The molecule has 1 fully saturated rings. The first kappa shape index (κ1) is 18.8. The van der Waals surface area contributed by atoms with E-state index in [-0.39, 0.29) is 0 Å². The zero-order valence-electron chi connectivity index (χ0n) is 15.6. The summed E-state index contributed by atoms with van der Waals surface area (Å²) in [6.45, 7) is 10.0. The van der Waals surface area contributed by atoms with E-state index >= 15 is 0 Å². The molecule has 4 nitrogen and oxygen atoms in total. The summed E-state index contributed by atoms with van der Waals surface area (Å²) in [6.07, 6.45) is 4.99. The Bertz CT molecular complexity index is 504. The lowest BCUT2D eigenvalue weighted by Gasteiger charge is -2.31. The third-order valence-corrected chi connectivity index (χ3v) is 5.17. The number of nitrogens with one attached hydrogen (secondary N) is 2. The zero-order chi connectivity index (χ0) is 17.2. The highest BCUT2D eigenvalue weighted by Gasteiger charge is 2.17. The Hall–Kier alpha value is -1.55. The maximum absolute atomic E-state index is 4.35. The Balaban J connectivity index is 1.69. The smallest absolute Gasteiger partial charge is 0.191 e. The predicted octanol–water partition coefficient (Wildman–Crippen LogP) is 3.04. The van der Waals surface area contributed by atoms with Gasteiger partial charge < -0.3 is 15.5 Å². The van der Waals surface area contributed by atoms with E-state index in [9.17, 15) is 0 Å². The van der Waals surface area contributed by atoms with E-state index < -0.39 is 0 Å². The van der Waals surface area contributed by atoms with Gasteiger partial charge >= 0.3 is 0 Å². The highest BCUT2D eigenvalue weighted by Crippen LogP contribution is 2.19. The Kier molecular flexibility index (Phi) is 8.10. The maximum Gasteiger partial charge on any atom is 0.191 e. The molecule has 0 spiro atoms. The minimum Gasteiger partial charge on any atom is -0.356 e. The number of benzene rings is 1. The molecule has 1 aromatic carbocycles. The summed E-state index contributed by atoms with van der Waals surface area (Å²) >= 11 is 0. The number of hydrogen-bond donors (Lipinski definition) is 2. The third kappa shape index (κ3) is 5.82. The number of aryl methyl sites for hydroxylation is 1. The van der Waals surface area contributed by atoms with Crippen molar-refractivity contribution in [3.8, 4) is 0 Å². The summed E-state index contributed by atoms with van der Waals surface area (Å²) in [4.78, 5) is 6.90. The largest absolute Gasteiger partial charge is 0.356 e. The van der Waals surface area contributed by atoms with Gasteiger partial charge in [-0.15, -0.1) is 0 Å². The number of aliphatic imine (C=N–C) groups is 1. The van der Waals surface area contributed by atoms with Gasteiger partial charge in [0.1, 0.15) is 0 Å². The highest BCUT2D eigenvalue weighted by molar-refractivity contribution is 5.79. The number of rotatable bonds is 7. The van der Waals surface area contributed by atoms with Crippen molar-refractivity contribution in [2.24, 2.45) is 10.9 Å².